The summed E-state index contributed by atoms with van der Waals surface area (Å²) in [6.45, 7) is 1.05. The minimum atomic E-state index is -0.570. The number of carbonyl (C=O) groups is 2. The zero-order valence-electron chi connectivity index (χ0n) is 14.1. The number of aromatic nitrogens is 1. The first-order valence-corrected chi connectivity index (χ1v) is 7.82. The molecule has 1 aliphatic rings. The fourth-order valence-corrected chi connectivity index (χ4v) is 2.88. The van der Waals surface area contributed by atoms with Crippen molar-refractivity contribution in [3.05, 3.63) is 52.8 Å². The Labute approximate surface area is 145 Å². The van der Waals surface area contributed by atoms with Gasteiger partial charge >= 0.3 is 0 Å². The van der Waals surface area contributed by atoms with Crippen molar-refractivity contribution < 1.29 is 19.1 Å². The number of nitrogens with zero attached hydrogens (tertiary/aromatic N) is 2. The van der Waals surface area contributed by atoms with Crippen molar-refractivity contribution in [3.8, 4) is 11.5 Å². The Morgan fingerprint density at radius 1 is 1.12 bits per heavy atom. The molecule has 0 saturated heterocycles. The second-order valence-electron chi connectivity index (χ2n) is 5.75. The van der Waals surface area contributed by atoms with Crippen molar-refractivity contribution in [1.29, 1.82) is 0 Å². The molecule has 1 aliphatic heterocycles. The molecule has 3 rings (SSSR count). The Balaban J connectivity index is 1.82. The quantitative estimate of drug-likeness (QED) is 0.907. The predicted molar refractivity (Wildman–Crippen MR) is 90.7 cm³/mol. The third-order valence-corrected chi connectivity index (χ3v) is 4.27. The lowest BCUT2D eigenvalue weighted by Crippen LogP contribution is -2.36. The molecule has 2 N–H and O–H groups in total. The molecule has 7 nitrogen and oxygen atoms in total. The number of primary amides is 1. The molecule has 0 fully saturated rings. The van der Waals surface area contributed by atoms with Crippen molar-refractivity contribution in [1.82, 2.24) is 9.88 Å². The van der Waals surface area contributed by atoms with Gasteiger partial charge in [-0.1, -0.05) is 0 Å². The average molecular weight is 341 g/mol. The van der Waals surface area contributed by atoms with Crippen molar-refractivity contribution in [3.63, 3.8) is 0 Å². The van der Waals surface area contributed by atoms with Crippen molar-refractivity contribution in [2.45, 2.75) is 13.0 Å². The molecule has 130 valence electrons. The summed E-state index contributed by atoms with van der Waals surface area (Å²) in [5.41, 5.74) is 7.91. The Kier molecular flexibility index (Phi) is 4.56. The van der Waals surface area contributed by atoms with Gasteiger partial charge in [-0.15, -0.1) is 0 Å². The highest BCUT2D eigenvalue weighted by Gasteiger charge is 2.24. The molecule has 1 aromatic heterocycles. The van der Waals surface area contributed by atoms with Gasteiger partial charge in [-0.3, -0.25) is 14.6 Å². The lowest BCUT2D eigenvalue weighted by atomic mass is 9.98. The van der Waals surface area contributed by atoms with E-state index in [1.807, 2.05) is 12.1 Å². The highest BCUT2D eigenvalue weighted by atomic mass is 16.5. The smallest absolute Gasteiger partial charge is 0.272 e. The SMILES string of the molecule is COc1cc2c(cc1OC)CN(C(=O)c1ccc(C(N)=O)cn1)CC2. The lowest BCUT2D eigenvalue weighted by Gasteiger charge is -2.29. The highest BCUT2D eigenvalue weighted by Crippen LogP contribution is 2.33. The van der Waals surface area contributed by atoms with Crippen LogP contribution < -0.4 is 15.2 Å². The molecule has 2 amide bonds. The van der Waals surface area contributed by atoms with E-state index in [0.29, 0.717) is 24.6 Å². The van der Waals surface area contributed by atoms with Crippen LogP contribution in [-0.2, 0) is 13.0 Å². The summed E-state index contributed by atoms with van der Waals surface area (Å²) in [5.74, 6) is 0.570. The minimum Gasteiger partial charge on any atom is -0.493 e. The van der Waals surface area contributed by atoms with E-state index in [4.69, 9.17) is 15.2 Å². The van der Waals surface area contributed by atoms with Crippen LogP contribution in [0.5, 0.6) is 11.5 Å². The highest BCUT2D eigenvalue weighted by molar-refractivity contribution is 5.95. The molecular weight excluding hydrogens is 322 g/mol. The van der Waals surface area contributed by atoms with Crippen LogP contribution in [0.2, 0.25) is 0 Å². The van der Waals surface area contributed by atoms with E-state index in [1.54, 1.807) is 19.1 Å². The molecule has 0 atom stereocenters. The number of hydrogen-bond donors (Lipinski definition) is 1. The van der Waals surface area contributed by atoms with Crippen LogP contribution in [0.4, 0.5) is 0 Å². The van der Waals surface area contributed by atoms with Gasteiger partial charge < -0.3 is 20.1 Å². The van der Waals surface area contributed by atoms with Gasteiger partial charge in [-0.05, 0) is 41.8 Å². The van der Waals surface area contributed by atoms with E-state index in [2.05, 4.69) is 4.98 Å². The van der Waals surface area contributed by atoms with E-state index in [9.17, 15) is 9.59 Å². The summed E-state index contributed by atoms with van der Waals surface area (Å²) in [6.07, 6.45) is 2.04. The van der Waals surface area contributed by atoms with Crippen molar-refractivity contribution in [2.24, 2.45) is 5.73 Å². The molecule has 2 heterocycles. The van der Waals surface area contributed by atoms with Crippen molar-refractivity contribution >= 4 is 11.8 Å². The number of hydrogen-bond acceptors (Lipinski definition) is 5. The van der Waals surface area contributed by atoms with Crippen LogP contribution in [-0.4, -0.2) is 42.5 Å². The maximum Gasteiger partial charge on any atom is 0.272 e. The second-order valence-corrected chi connectivity index (χ2v) is 5.75. The van der Waals surface area contributed by atoms with Gasteiger partial charge in [0, 0.05) is 19.3 Å². The molecule has 0 saturated carbocycles. The summed E-state index contributed by atoms with van der Waals surface area (Å²) in [4.78, 5) is 29.5. The number of ether oxygens (including phenoxy) is 2. The molecule has 0 aliphatic carbocycles. The maximum absolute atomic E-state index is 12.7. The number of benzene rings is 1. The largest absolute Gasteiger partial charge is 0.493 e. The van der Waals surface area contributed by atoms with Gasteiger partial charge in [0.25, 0.3) is 5.91 Å². The Morgan fingerprint density at radius 3 is 2.36 bits per heavy atom. The van der Waals surface area contributed by atoms with Gasteiger partial charge in [-0.2, -0.15) is 0 Å². The third-order valence-electron chi connectivity index (χ3n) is 4.27. The molecule has 0 bridgehead atoms. The summed E-state index contributed by atoms with van der Waals surface area (Å²) in [6, 6.07) is 6.88. The van der Waals surface area contributed by atoms with E-state index in [0.717, 1.165) is 17.5 Å². The number of fused-ring (bicyclic) bond motifs is 1. The van der Waals surface area contributed by atoms with Crippen LogP contribution >= 0.6 is 0 Å². The topological polar surface area (TPSA) is 94.8 Å². The van der Waals surface area contributed by atoms with E-state index in [-0.39, 0.29) is 17.2 Å². The van der Waals surface area contributed by atoms with Crippen LogP contribution in [0.15, 0.2) is 30.5 Å². The summed E-state index contributed by atoms with van der Waals surface area (Å²) in [5, 5.41) is 0. The first-order valence-electron chi connectivity index (χ1n) is 7.82. The van der Waals surface area contributed by atoms with Crippen LogP contribution in [0.1, 0.15) is 32.0 Å². The summed E-state index contributed by atoms with van der Waals surface area (Å²) < 4.78 is 10.7. The third kappa shape index (κ3) is 3.26. The molecular formula is C18H19N3O4. The summed E-state index contributed by atoms with van der Waals surface area (Å²) in [7, 11) is 3.19. The van der Waals surface area contributed by atoms with Crippen LogP contribution in [0.25, 0.3) is 0 Å². The molecule has 25 heavy (non-hydrogen) atoms. The van der Waals surface area contributed by atoms with Crippen LogP contribution in [0.3, 0.4) is 0 Å². The number of amides is 2. The zero-order chi connectivity index (χ0) is 18.0. The standard InChI is InChI=1S/C18H19N3O4/c1-24-15-7-11-5-6-21(10-13(11)8-16(15)25-2)18(23)14-4-3-12(9-20-14)17(19)22/h3-4,7-9H,5-6,10H2,1-2H3,(H2,19,22). The maximum atomic E-state index is 12.7. The minimum absolute atomic E-state index is 0.184. The molecule has 7 heteroatoms. The molecule has 1 aromatic carbocycles. The number of nitrogens with two attached hydrogens (primary N) is 1. The monoisotopic (exact) mass is 341 g/mol. The first kappa shape index (κ1) is 16.8. The summed E-state index contributed by atoms with van der Waals surface area (Å²) >= 11 is 0. The number of rotatable bonds is 4. The normalized spacial score (nSPS) is 13.1. The lowest BCUT2D eigenvalue weighted by molar-refractivity contribution is 0.0728. The van der Waals surface area contributed by atoms with Crippen molar-refractivity contribution in [2.75, 3.05) is 20.8 Å². The van der Waals surface area contributed by atoms with Gasteiger partial charge in [0.1, 0.15) is 5.69 Å². The fourth-order valence-electron chi connectivity index (χ4n) is 2.88. The van der Waals surface area contributed by atoms with Gasteiger partial charge in [0.2, 0.25) is 5.91 Å². The van der Waals surface area contributed by atoms with Crippen LogP contribution in [0, 0.1) is 0 Å². The predicted octanol–water partition coefficient (Wildman–Crippen LogP) is 1.40. The van der Waals surface area contributed by atoms with Gasteiger partial charge in [0.05, 0.1) is 19.8 Å². The molecule has 0 unspecified atom stereocenters. The Hall–Kier alpha value is -3.09. The van der Waals surface area contributed by atoms with E-state index in [1.165, 1.54) is 18.3 Å². The first-order chi connectivity index (χ1) is 12.0. The molecule has 0 spiro atoms. The second kappa shape index (κ2) is 6.80. The van der Waals surface area contributed by atoms with Gasteiger partial charge in [0.15, 0.2) is 11.5 Å². The number of carbonyl (C=O) groups excluding carboxylic acids is 2. The Bertz CT molecular complexity index is 818. The van der Waals surface area contributed by atoms with Gasteiger partial charge in [-0.25, -0.2) is 0 Å². The van der Waals surface area contributed by atoms with E-state index >= 15 is 0 Å². The average Bonchev–Trinajstić information content (AvgIpc) is 2.65. The fraction of sp³-hybridized carbons (Fsp3) is 0.278. The number of pyridine rings is 1. The molecule has 0 radical (unpaired) electrons. The van der Waals surface area contributed by atoms with E-state index < -0.39 is 5.91 Å². The number of methoxy groups -OCH3 is 2. The zero-order valence-corrected chi connectivity index (χ0v) is 14.1. The molecule has 2 aromatic rings. The Morgan fingerprint density at radius 2 is 1.80 bits per heavy atom.